The molecule has 184 valence electrons. The van der Waals surface area contributed by atoms with Crippen LogP contribution >= 0.6 is 0 Å². The Morgan fingerprint density at radius 3 is 2.51 bits per heavy atom. The molecule has 0 saturated heterocycles. The molecule has 1 unspecified atom stereocenters. The number of amides is 1. The number of nitrogens with one attached hydrogen (secondary N) is 1. The van der Waals surface area contributed by atoms with Gasteiger partial charge in [0.2, 0.25) is 6.41 Å². The first kappa shape index (κ1) is 26.0. The van der Waals surface area contributed by atoms with E-state index in [0.29, 0.717) is 28.0 Å². The predicted molar refractivity (Wildman–Crippen MR) is 137 cm³/mol. The fourth-order valence-electron chi connectivity index (χ4n) is 3.17. The van der Waals surface area contributed by atoms with Gasteiger partial charge in [0.1, 0.15) is 5.75 Å². The van der Waals surface area contributed by atoms with E-state index in [9.17, 15) is 13.4 Å². The van der Waals surface area contributed by atoms with Crippen molar-refractivity contribution in [3.05, 3.63) is 72.4 Å². The quantitative estimate of drug-likeness (QED) is 0.348. The smallest absolute Gasteiger partial charge is 0.211 e. The van der Waals surface area contributed by atoms with Crippen molar-refractivity contribution in [3.8, 4) is 11.5 Å². The molecule has 1 amide bonds. The molecule has 0 fully saturated rings. The summed E-state index contributed by atoms with van der Waals surface area (Å²) < 4.78 is 33.4. The van der Waals surface area contributed by atoms with Gasteiger partial charge in [-0.15, -0.1) is 0 Å². The lowest BCUT2D eigenvalue weighted by Gasteiger charge is -2.18. The van der Waals surface area contributed by atoms with Gasteiger partial charge in [-0.2, -0.15) is 5.10 Å². The molecule has 0 aliphatic carbocycles. The fourth-order valence-corrected chi connectivity index (χ4v) is 3.71. The summed E-state index contributed by atoms with van der Waals surface area (Å²) in [6.45, 7) is 8.11. The summed E-state index contributed by atoms with van der Waals surface area (Å²) in [5.41, 5.74) is 2.31. The summed E-state index contributed by atoms with van der Waals surface area (Å²) in [6.07, 6.45) is 8.05. The van der Waals surface area contributed by atoms with Crippen LogP contribution in [0.4, 0.5) is 10.1 Å². The Morgan fingerprint density at radius 2 is 1.91 bits per heavy atom. The number of halogens is 1. The number of anilines is 1. The van der Waals surface area contributed by atoms with Crippen LogP contribution in [-0.4, -0.2) is 31.6 Å². The summed E-state index contributed by atoms with van der Waals surface area (Å²) in [5.74, 6) is 0.257. The number of fused-ring (bicyclic) bond motifs is 1. The molecule has 1 atom stereocenters. The van der Waals surface area contributed by atoms with E-state index in [2.05, 4.69) is 15.4 Å². The molecule has 2 aromatic heterocycles. The van der Waals surface area contributed by atoms with Gasteiger partial charge in [0.15, 0.2) is 11.6 Å². The predicted octanol–water partition coefficient (Wildman–Crippen LogP) is 5.67. The van der Waals surface area contributed by atoms with E-state index in [-0.39, 0.29) is 11.3 Å². The Hall–Kier alpha value is -3.59. The Labute approximate surface area is 206 Å². The minimum atomic E-state index is -1.11. The summed E-state index contributed by atoms with van der Waals surface area (Å²) in [5, 5.41) is 7.35. The van der Waals surface area contributed by atoms with Gasteiger partial charge < -0.3 is 10.1 Å². The van der Waals surface area contributed by atoms with Crippen LogP contribution in [0.15, 0.2) is 66.0 Å². The molecular formula is C26H29FN4O3S. The molecule has 0 saturated carbocycles. The molecule has 35 heavy (non-hydrogen) atoms. The van der Waals surface area contributed by atoms with Gasteiger partial charge in [-0.05, 0) is 69.2 Å². The van der Waals surface area contributed by atoms with Gasteiger partial charge in [-0.1, -0.05) is 13.0 Å². The number of aryl methyl sites for hydroxylation is 1. The van der Waals surface area contributed by atoms with Crippen molar-refractivity contribution in [2.75, 3.05) is 11.6 Å². The number of hydrogen-bond acceptors (Lipinski definition) is 5. The average molecular weight is 497 g/mol. The van der Waals surface area contributed by atoms with Crippen LogP contribution in [0.1, 0.15) is 33.3 Å². The maximum atomic E-state index is 14.1. The van der Waals surface area contributed by atoms with Crippen molar-refractivity contribution in [2.45, 2.75) is 44.6 Å². The first-order valence-electron chi connectivity index (χ1n) is 11.1. The Morgan fingerprint density at radius 1 is 1.14 bits per heavy atom. The first-order valence-corrected chi connectivity index (χ1v) is 12.6. The zero-order chi connectivity index (χ0) is 25.6. The number of carbonyl (C=O) groups is 1. The molecule has 1 N–H and O–H groups in total. The minimum Gasteiger partial charge on any atom is -0.454 e. The standard InChI is InChI=1S/C18H16FNO2S.C8H13N3O/c1-3-12-4-7-18(15(19)10-12)22-17-8-9-20-16-6-5-13(23(2)21)11-14(16)17;1-8(2,3)11-5-7(4-10-11)9-6-12/h4-11H,3H2,1-2H3;4-6H,1-3H3,(H,9,12). The maximum absolute atomic E-state index is 14.1. The molecule has 2 heterocycles. The lowest BCUT2D eigenvalue weighted by Crippen LogP contribution is -2.21. The van der Waals surface area contributed by atoms with Crippen molar-refractivity contribution in [3.63, 3.8) is 0 Å². The van der Waals surface area contributed by atoms with Crippen LogP contribution in [0.5, 0.6) is 11.5 Å². The molecular weight excluding hydrogens is 467 g/mol. The van der Waals surface area contributed by atoms with E-state index in [1.807, 2.05) is 33.8 Å². The number of carbonyl (C=O) groups excluding carboxylic acids is 1. The van der Waals surface area contributed by atoms with Gasteiger partial charge in [0.05, 0.1) is 22.9 Å². The Kier molecular flexibility index (Phi) is 8.34. The second-order valence-corrected chi connectivity index (χ2v) is 10.1. The molecule has 9 heteroatoms. The molecule has 0 radical (unpaired) electrons. The van der Waals surface area contributed by atoms with E-state index in [1.165, 1.54) is 6.07 Å². The molecule has 0 aliphatic heterocycles. The van der Waals surface area contributed by atoms with Crippen molar-refractivity contribution in [1.29, 1.82) is 0 Å². The van der Waals surface area contributed by atoms with Gasteiger partial charge in [0, 0.05) is 39.7 Å². The highest BCUT2D eigenvalue weighted by molar-refractivity contribution is 7.84. The Balaban J connectivity index is 0.000000241. The van der Waals surface area contributed by atoms with E-state index >= 15 is 0 Å². The van der Waals surface area contributed by atoms with Crippen molar-refractivity contribution in [1.82, 2.24) is 14.8 Å². The molecule has 0 bridgehead atoms. The van der Waals surface area contributed by atoms with Crippen LogP contribution in [0.2, 0.25) is 0 Å². The second kappa shape index (κ2) is 11.2. The van der Waals surface area contributed by atoms with Gasteiger partial charge >= 0.3 is 0 Å². The third kappa shape index (κ3) is 6.73. The first-order chi connectivity index (χ1) is 16.6. The highest BCUT2D eigenvalue weighted by atomic mass is 32.2. The van der Waals surface area contributed by atoms with E-state index in [0.717, 1.165) is 17.7 Å². The topological polar surface area (TPSA) is 86.1 Å². The maximum Gasteiger partial charge on any atom is 0.211 e. The summed E-state index contributed by atoms with van der Waals surface area (Å²) in [6, 6.07) is 12.0. The van der Waals surface area contributed by atoms with E-state index in [4.69, 9.17) is 4.74 Å². The fraction of sp³-hybridized carbons (Fsp3) is 0.269. The lowest BCUT2D eigenvalue weighted by molar-refractivity contribution is -0.105. The number of rotatable bonds is 6. The van der Waals surface area contributed by atoms with Gasteiger partial charge in [-0.3, -0.25) is 18.7 Å². The second-order valence-electron chi connectivity index (χ2n) is 8.77. The molecule has 4 aromatic rings. The molecule has 2 aromatic carbocycles. The molecule has 0 aliphatic rings. The number of hydrogen-bond donors (Lipinski definition) is 1. The lowest BCUT2D eigenvalue weighted by atomic mass is 10.1. The highest BCUT2D eigenvalue weighted by Crippen LogP contribution is 2.31. The third-order valence-corrected chi connectivity index (χ3v) is 6.04. The van der Waals surface area contributed by atoms with Gasteiger partial charge in [0.25, 0.3) is 0 Å². The average Bonchev–Trinajstić information content (AvgIpc) is 3.30. The monoisotopic (exact) mass is 496 g/mol. The number of pyridine rings is 1. The van der Waals surface area contributed by atoms with Crippen molar-refractivity contribution < 1.29 is 18.1 Å². The van der Waals surface area contributed by atoms with Crippen LogP contribution < -0.4 is 10.1 Å². The van der Waals surface area contributed by atoms with Gasteiger partial charge in [-0.25, -0.2) is 4.39 Å². The zero-order valence-corrected chi connectivity index (χ0v) is 21.2. The minimum absolute atomic E-state index is 0.0389. The Bertz CT molecular complexity index is 1350. The summed E-state index contributed by atoms with van der Waals surface area (Å²) >= 11 is 0. The van der Waals surface area contributed by atoms with E-state index < -0.39 is 16.6 Å². The van der Waals surface area contributed by atoms with Crippen molar-refractivity contribution in [2.24, 2.45) is 0 Å². The van der Waals surface area contributed by atoms with E-state index in [1.54, 1.807) is 59.9 Å². The molecule has 0 spiro atoms. The number of benzene rings is 2. The number of aromatic nitrogens is 3. The highest BCUT2D eigenvalue weighted by Gasteiger charge is 2.13. The molecule has 7 nitrogen and oxygen atoms in total. The van der Waals surface area contributed by atoms with Crippen LogP contribution in [-0.2, 0) is 27.6 Å². The van der Waals surface area contributed by atoms with Crippen LogP contribution in [0.25, 0.3) is 10.9 Å². The third-order valence-electron chi connectivity index (χ3n) is 5.12. The summed E-state index contributed by atoms with van der Waals surface area (Å²) in [7, 11) is -1.11. The van der Waals surface area contributed by atoms with Crippen LogP contribution in [0.3, 0.4) is 0 Å². The largest absolute Gasteiger partial charge is 0.454 e. The number of ether oxygens (including phenoxy) is 1. The normalized spacial score (nSPS) is 11.9. The summed E-state index contributed by atoms with van der Waals surface area (Å²) in [4.78, 5) is 15.0. The zero-order valence-electron chi connectivity index (χ0n) is 20.4. The van der Waals surface area contributed by atoms with Crippen LogP contribution in [0, 0.1) is 5.82 Å². The number of nitrogens with zero attached hydrogens (tertiary/aromatic N) is 3. The van der Waals surface area contributed by atoms with Crippen molar-refractivity contribution >= 4 is 33.8 Å². The SMILES string of the molecule is CC(C)(C)n1cc(NC=O)cn1.CCc1ccc(Oc2ccnc3ccc(S(C)=O)cc23)c(F)c1. The molecule has 4 rings (SSSR count).